The fraction of sp³-hybridized carbons (Fsp3) is 0.0833. The van der Waals surface area contributed by atoms with Crippen LogP contribution in [0.4, 0.5) is 20.3 Å². The summed E-state index contributed by atoms with van der Waals surface area (Å²) in [5.74, 6) is -0.938. The van der Waals surface area contributed by atoms with E-state index in [0.717, 1.165) is 12.1 Å². The van der Waals surface area contributed by atoms with Gasteiger partial charge in [-0.15, -0.1) is 0 Å². The van der Waals surface area contributed by atoms with E-state index in [2.05, 4.69) is 15.3 Å². The van der Waals surface area contributed by atoms with Crippen molar-refractivity contribution < 1.29 is 8.78 Å². The molecule has 0 bridgehead atoms. The number of aryl methyl sites for hydroxylation is 1. The molecular weight excluding hydrogens is 292 g/mol. The van der Waals surface area contributed by atoms with Gasteiger partial charge in [-0.2, -0.15) is 0 Å². The molecule has 7 heteroatoms. The Hall–Kier alpha value is -1.66. The zero-order valence-electron chi connectivity index (χ0n) is 9.75. The van der Waals surface area contributed by atoms with Gasteiger partial charge in [-0.05, 0) is 19.1 Å². The number of aromatic nitrogens is 2. The number of thiocarbonyl (C=S) groups is 1. The Kier molecular flexibility index (Phi) is 4.01. The molecule has 0 amide bonds. The highest BCUT2D eigenvalue weighted by molar-refractivity contribution is 7.79. The molecule has 3 nitrogen and oxygen atoms in total. The van der Waals surface area contributed by atoms with Crippen LogP contribution in [0.1, 0.15) is 11.4 Å². The van der Waals surface area contributed by atoms with Crippen molar-refractivity contribution >= 4 is 40.7 Å². The van der Waals surface area contributed by atoms with Crippen LogP contribution in [0.5, 0.6) is 0 Å². The van der Waals surface area contributed by atoms with Gasteiger partial charge in [0.15, 0.2) is 0 Å². The largest absolute Gasteiger partial charge is 0.335 e. The van der Waals surface area contributed by atoms with Crippen LogP contribution in [0.25, 0.3) is 0 Å². The normalized spacial score (nSPS) is 10.3. The van der Waals surface area contributed by atoms with Crippen LogP contribution in [0.2, 0.25) is 5.15 Å². The maximum atomic E-state index is 13.6. The number of halogens is 3. The topological polar surface area (TPSA) is 37.8 Å². The third kappa shape index (κ3) is 2.85. The van der Waals surface area contributed by atoms with Crippen molar-refractivity contribution in [3.63, 3.8) is 0 Å². The monoisotopic (exact) mass is 299 g/mol. The van der Waals surface area contributed by atoms with Crippen LogP contribution >= 0.6 is 23.8 Å². The van der Waals surface area contributed by atoms with Gasteiger partial charge < -0.3 is 5.32 Å². The molecule has 0 aliphatic rings. The van der Waals surface area contributed by atoms with E-state index >= 15 is 0 Å². The Morgan fingerprint density at radius 2 is 1.89 bits per heavy atom. The standard InChI is InChI=1S/C12H8ClF2N3S/c1-6-16-11(13)7(5-19)12(17-6)18-10-8(14)3-2-4-9(10)15/h2-5H,1H3,(H,16,17,18). The molecule has 0 radical (unpaired) electrons. The van der Waals surface area contributed by atoms with E-state index in [0.29, 0.717) is 11.4 Å². The lowest BCUT2D eigenvalue weighted by molar-refractivity contribution is 0.590. The zero-order chi connectivity index (χ0) is 14.0. The molecule has 0 spiro atoms. The molecule has 0 saturated heterocycles. The Bertz CT molecular complexity index is 629. The lowest BCUT2D eigenvalue weighted by atomic mass is 10.2. The molecule has 19 heavy (non-hydrogen) atoms. The van der Waals surface area contributed by atoms with E-state index < -0.39 is 11.6 Å². The second-order valence-electron chi connectivity index (χ2n) is 3.66. The summed E-state index contributed by atoms with van der Waals surface area (Å²) in [6, 6.07) is 3.55. The first-order chi connectivity index (χ1) is 9.02. The number of nitrogens with zero attached hydrogens (tertiary/aromatic N) is 2. The lowest BCUT2D eigenvalue weighted by Gasteiger charge is -2.11. The number of benzene rings is 1. The summed E-state index contributed by atoms with van der Waals surface area (Å²) in [4.78, 5) is 7.96. The van der Waals surface area contributed by atoms with E-state index in [4.69, 9.17) is 23.8 Å². The Balaban J connectivity index is 2.52. The maximum Gasteiger partial charge on any atom is 0.149 e. The highest BCUT2D eigenvalue weighted by atomic mass is 35.5. The first-order valence-corrected chi connectivity index (χ1v) is 6.08. The Morgan fingerprint density at radius 1 is 1.26 bits per heavy atom. The smallest absolute Gasteiger partial charge is 0.149 e. The predicted molar refractivity (Wildman–Crippen MR) is 74.2 cm³/mol. The summed E-state index contributed by atoms with van der Waals surface area (Å²) in [6.07, 6.45) is 0. The molecule has 1 aromatic heterocycles. The van der Waals surface area contributed by atoms with Gasteiger partial charge in [0.2, 0.25) is 0 Å². The number of para-hydroxylation sites is 1. The van der Waals surface area contributed by atoms with E-state index in [1.807, 2.05) is 0 Å². The van der Waals surface area contributed by atoms with Gasteiger partial charge >= 0.3 is 0 Å². The molecule has 2 aromatic rings. The molecule has 0 atom stereocenters. The van der Waals surface area contributed by atoms with Gasteiger partial charge in [0.05, 0.1) is 5.56 Å². The molecule has 0 fully saturated rings. The highest BCUT2D eigenvalue weighted by Crippen LogP contribution is 2.26. The van der Waals surface area contributed by atoms with Crippen molar-refractivity contribution in [3.05, 3.63) is 46.4 Å². The number of hydrogen-bond acceptors (Lipinski definition) is 4. The van der Waals surface area contributed by atoms with Crippen LogP contribution < -0.4 is 5.32 Å². The molecule has 0 aliphatic carbocycles. The van der Waals surface area contributed by atoms with Crippen LogP contribution in [-0.2, 0) is 0 Å². The van der Waals surface area contributed by atoms with Gasteiger partial charge in [-0.3, -0.25) is 0 Å². The zero-order valence-corrected chi connectivity index (χ0v) is 11.3. The van der Waals surface area contributed by atoms with Crippen molar-refractivity contribution in [2.45, 2.75) is 6.92 Å². The van der Waals surface area contributed by atoms with Crippen LogP contribution in [0, 0.1) is 18.6 Å². The van der Waals surface area contributed by atoms with Crippen LogP contribution in [0.15, 0.2) is 18.2 Å². The van der Waals surface area contributed by atoms with Gasteiger partial charge in [0.25, 0.3) is 0 Å². The summed E-state index contributed by atoms with van der Waals surface area (Å²) in [7, 11) is 0. The average Bonchev–Trinajstić information content (AvgIpc) is 2.33. The fourth-order valence-corrected chi connectivity index (χ4v) is 2.04. The SMILES string of the molecule is Cc1nc(Cl)c(C=S)c(Nc2c(F)cccc2F)n1. The first kappa shape index (κ1) is 13.8. The number of nitrogens with one attached hydrogen (secondary N) is 1. The number of hydrogen-bond donors (Lipinski definition) is 1. The molecule has 0 aliphatic heterocycles. The van der Waals surface area contributed by atoms with E-state index in [9.17, 15) is 8.78 Å². The van der Waals surface area contributed by atoms with Crippen molar-refractivity contribution in [2.75, 3.05) is 5.32 Å². The van der Waals surface area contributed by atoms with Crippen molar-refractivity contribution in [2.24, 2.45) is 0 Å². The second kappa shape index (κ2) is 5.54. The predicted octanol–water partition coefficient (Wildman–Crippen LogP) is 3.81. The summed E-state index contributed by atoms with van der Waals surface area (Å²) in [5, 5.41) is 3.94. The molecule has 1 heterocycles. The molecule has 98 valence electrons. The lowest BCUT2D eigenvalue weighted by Crippen LogP contribution is -2.05. The first-order valence-electron chi connectivity index (χ1n) is 5.23. The van der Waals surface area contributed by atoms with Crippen molar-refractivity contribution in [1.82, 2.24) is 9.97 Å². The minimum atomic E-state index is -0.734. The fourth-order valence-electron chi connectivity index (χ4n) is 1.48. The minimum Gasteiger partial charge on any atom is -0.335 e. The van der Waals surface area contributed by atoms with E-state index in [-0.39, 0.29) is 16.7 Å². The van der Waals surface area contributed by atoms with Gasteiger partial charge in [-0.1, -0.05) is 29.9 Å². The second-order valence-corrected chi connectivity index (χ2v) is 4.26. The summed E-state index contributed by atoms with van der Waals surface area (Å²) in [5.41, 5.74) is -0.000290. The number of anilines is 2. The third-order valence-electron chi connectivity index (χ3n) is 2.33. The van der Waals surface area contributed by atoms with Crippen LogP contribution in [-0.4, -0.2) is 15.3 Å². The van der Waals surface area contributed by atoms with Gasteiger partial charge in [-0.25, -0.2) is 18.7 Å². The molecular formula is C12H8ClF2N3S. The molecule has 2 rings (SSSR count). The maximum absolute atomic E-state index is 13.6. The van der Waals surface area contributed by atoms with E-state index in [1.54, 1.807) is 6.92 Å². The van der Waals surface area contributed by atoms with Crippen molar-refractivity contribution in [1.29, 1.82) is 0 Å². The summed E-state index contributed by atoms with van der Waals surface area (Å²) in [6.45, 7) is 1.61. The summed E-state index contributed by atoms with van der Waals surface area (Å²) >= 11 is 10.7. The van der Waals surface area contributed by atoms with Gasteiger partial charge in [0.1, 0.15) is 34.1 Å². The minimum absolute atomic E-state index is 0.127. The Labute approximate surface area is 118 Å². The van der Waals surface area contributed by atoms with Gasteiger partial charge in [0, 0.05) is 5.37 Å². The average molecular weight is 300 g/mol. The third-order valence-corrected chi connectivity index (χ3v) is 2.86. The number of rotatable bonds is 3. The quantitative estimate of drug-likeness (QED) is 0.691. The molecule has 1 N–H and O–H groups in total. The highest BCUT2D eigenvalue weighted by Gasteiger charge is 2.14. The van der Waals surface area contributed by atoms with E-state index in [1.165, 1.54) is 11.4 Å². The molecule has 1 aromatic carbocycles. The molecule has 0 saturated carbocycles. The Morgan fingerprint density at radius 3 is 2.47 bits per heavy atom. The summed E-state index contributed by atoms with van der Waals surface area (Å²) < 4.78 is 27.1. The molecule has 0 unspecified atom stereocenters. The van der Waals surface area contributed by atoms with Crippen LogP contribution in [0.3, 0.4) is 0 Å². The van der Waals surface area contributed by atoms with Crippen molar-refractivity contribution in [3.8, 4) is 0 Å².